The first-order valence-electron chi connectivity index (χ1n) is 4.50. The summed E-state index contributed by atoms with van der Waals surface area (Å²) in [4.78, 5) is 10.9. The van der Waals surface area contributed by atoms with E-state index >= 15 is 0 Å². The third-order valence-corrected chi connectivity index (χ3v) is 2.81. The van der Waals surface area contributed by atoms with Crippen molar-refractivity contribution in [2.75, 3.05) is 0 Å². The molecule has 6 heteroatoms. The number of hydrogen-bond acceptors (Lipinski definition) is 2. The standard InChI is InChI=1S/C10H7F3O3/c11-5-3-4(6(12)8(14)7(5)13)10(1-2-10)9(15)16/h3,14H,1-2H2,(H,15,16). The van der Waals surface area contributed by atoms with Crippen LogP contribution in [0.4, 0.5) is 13.2 Å². The summed E-state index contributed by atoms with van der Waals surface area (Å²) >= 11 is 0. The maximum Gasteiger partial charge on any atom is 0.314 e. The van der Waals surface area contributed by atoms with Crippen molar-refractivity contribution in [2.24, 2.45) is 0 Å². The molecule has 2 N–H and O–H groups in total. The van der Waals surface area contributed by atoms with E-state index in [0.29, 0.717) is 6.07 Å². The first-order chi connectivity index (χ1) is 7.40. The van der Waals surface area contributed by atoms with Crippen molar-refractivity contribution in [3.05, 3.63) is 29.1 Å². The summed E-state index contributed by atoms with van der Waals surface area (Å²) in [5.74, 6) is -7.35. The summed E-state index contributed by atoms with van der Waals surface area (Å²) in [5.41, 5.74) is -2.02. The number of rotatable bonds is 2. The summed E-state index contributed by atoms with van der Waals surface area (Å²) in [7, 11) is 0. The second kappa shape index (κ2) is 3.13. The highest BCUT2D eigenvalue weighted by Gasteiger charge is 2.54. The monoisotopic (exact) mass is 232 g/mol. The highest BCUT2D eigenvalue weighted by atomic mass is 19.2. The number of aromatic hydroxyl groups is 1. The molecular weight excluding hydrogens is 225 g/mol. The van der Waals surface area contributed by atoms with Crippen LogP contribution in [0.25, 0.3) is 0 Å². The molecule has 1 saturated carbocycles. The number of aliphatic carboxylic acids is 1. The van der Waals surface area contributed by atoms with Crippen LogP contribution >= 0.6 is 0 Å². The highest BCUT2D eigenvalue weighted by Crippen LogP contribution is 2.50. The van der Waals surface area contributed by atoms with Crippen LogP contribution < -0.4 is 0 Å². The SMILES string of the molecule is O=C(O)C1(c2cc(F)c(F)c(O)c2F)CC1. The molecule has 1 aromatic rings. The molecule has 16 heavy (non-hydrogen) atoms. The Morgan fingerprint density at radius 3 is 2.25 bits per heavy atom. The molecule has 0 unspecified atom stereocenters. The van der Waals surface area contributed by atoms with Crippen LogP contribution in [0.3, 0.4) is 0 Å². The average molecular weight is 232 g/mol. The van der Waals surface area contributed by atoms with E-state index in [4.69, 9.17) is 10.2 Å². The topological polar surface area (TPSA) is 57.5 Å². The van der Waals surface area contributed by atoms with Crippen molar-refractivity contribution >= 4 is 5.97 Å². The lowest BCUT2D eigenvalue weighted by Gasteiger charge is -2.12. The number of phenols is 1. The molecule has 0 aliphatic heterocycles. The molecule has 0 bridgehead atoms. The molecule has 86 valence electrons. The maximum absolute atomic E-state index is 13.4. The minimum atomic E-state index is -1.71. The molecule has 0 saturated heterocycles. The summed E-state index contributed by atoms with van der Waals surface area (Å²) in [6.07, 6.45) is 0.285. The summed E-state index contributed by atoms with van der Waals surface area (Å²) in [6, 6.07) is 0.492. The van der Waals surface area contributed by atoms with Gasteiger partial charge in [-0.05, 0) is 18.9 Å². The molecule has 0 atom stereocenters. The van der Waals surface area contributed by atoms with Crippen LogP contribution in [0, 0.1) is 17.5 Å². The Morgan fingerprint density at radius 2 is 1.81 bits per heavy atom. The van der Waals surface area contributed by atoms with Gasteiger partial charge in [0.1, 0.15) is 0 Å². The minimum absolute atomic E-state index is 0.143. The molecule has 0 heterocycles. The second-order valence-electron chi connectivity index (χ2n) is 3.77. The third-order valence-electron chi connectivity index (χ3n) is 2.81. The summed E-state index contributed by atoms with van der Waals surface area (Å²) < 4.78 is 39.1. The summed E-state index contributed by atoms with van der Waals surface area (Å²) in [6.45, 7) is 0. The fraction of sp³-hybridized carbons (Fsp3) is 0.300. The van der Waals surface area contributed by atoms with Gasteiger partial charge in [0.05, 0.1) is 5.41 Å². The van der Waals surface area contributed by atoms with Gasteiger partial charge in [-0.3, -0.25) is 4.79 Å². The molecule has 1 aromatic carbocycles. The zero-order chi connectivity index (χ0) is 12.1. The van der Waals surface area contributed by atoms with Gasteiger partial charge in [0, 0.05) is 5.56 Å². The molecule has 1 fully saturated rings. The molecule has 0 radical (unpaired) electrons. The number of carbonyl (C=O) groups is 1. The van der Waals surface area contributed by atoms with Crippen LogP contribution in [-0.2, 0) is 10.2 Å². The van der Waals surface area contributed by atoms with E-state index in [1.807, 2.05) is 0 Å². The molecule has 3 nitrogen and oxygen atoms in total. The lowest BCUT2D eigenvalue weighted by molar-refractivity contribution is -0.140. The Balaban J connectivity index is 2.63. The van der Waals surface area contributed by atoms with E-state index in [1.54, 1.807) is 0 Å². The lowest BCUT2D eigenvalue weighted by Crippen LogP contribution is -2.21. The van der Waals surface area contributed by atoms with Crippen LogP contribution in [-0.4, -0.2) is 16.2 Å². The second-order valence-corrected chi connectivity index (χ2v) is 3.77. The van der Waals surface area contributed by atoms with Crippen molar-refractivity contribution in [1.82, 2.24) is 0 Å². The normalized spacial score (nSPS) is 17.2. The van der Waals surface area contributed by atoms with Gasteiger partial charge in [-0.15, -0.1) is 0 Å². The quantitative estimate of drug-likeness (QED) is 0.766. The van der Waals surface area contributed by atoms with Crippen LogP contribution in [0.5, 0.6) is 5.75 Å². The van der Waals surface area contributed by atoms with Crippen LogP contribution in [0.2, 0.25) is 0 Å². The zero-order valence-corrected chi connectivity index (χ0v) is 7.93. The van der Waals surface area contributed by atoms with E-state index < -0.39 is 40.1 Å². The van der Waals surface area contributed by atoms with Crippen molar-refractivity contribution in [3.8, 4) is 5.75 Å². The molecule has 0 amide bonds. The van der Waals surface area contributed by atoms with E-state index in [2.05, 4.69) is 0 Å². The Labute approximate surface area is 88.1 Å². The Hall–Kier alpha value is -1.72. The third kappa shape index (κ3) is 1.26. The van der Waals surface area contributed by atoms with Crippen molar-refractivity contribution < 1.29 is 28.2 Å². The number of hydrogen-bond donors (Lipinski definition) is 2. The van der Waals surface area contributed by atoms with Gasteiger partial charge in [0.15, 0.2) is 17.4 Å². The van der Waals surface area contributed by atoms with E-state index in [1.165, 1.54) is 0 Å². The van der Waals surface area contributed by atoms with E-state index in [-0.39, 0.29) is 12.8 Å². The van der Waals surface area contributed by atoms with Gasteiger partial charge < -0.3 is 10.2 Å². The molecular formula is C10H7F3O3. The van der Waals surface area contributed by atoms with Crippen LogP contribution in [0.1, 0.15) is 18.4 Å². The average Bonchev–Trinajstić information content (AvgIpc) is 3.01. The van der Waals surface area contributed by atoms with Crippen molar-refractivity contribution in [3.63, 3.8) is 0 Å². The number of carboxylic acid groups (broad SMARTS) is 1. The number of benzene rings is 1. The molecule has 0 aromatic heterocycles. The number of carboxylic acids is 1. The van der Waals surface area contributed by atoms with Gasteiger partial charge in [-0.1, -0.05) is 0 Å². The van der Waals surface area contributed by atoms with Gasteiger partial charge in [-0.25, -0.2) is 8.78 Å². The molecule has 1 aliphatic carbocycles. The predicted octanol–water partition coefficient (Wildman–Crippen LogP) is 1.93. The minimum Gasteiger partial charge on any atom is -0.503 e. The van der Waals surface area contributed by atoms with Gasteiger partial charge >= 0.3 is 5.97 Å². The lowest BCUT2D eigenvalue weighted by atomic mass is 9.95. The Morgan fingerprint density at radius 1 is 1.25 bits per heavy atom. The van der Waals surface area contributed by atoms with E-state index in [0.717, 1.165) is 0 Å². The Kier molecular flexibility index (Phi) is 2.11. The summed E-state index contributed by atoms with van der Waals surface area (Å²) in [5, 5.41) is 17.8. The van der Waals surface area contributed by atoms with Gasteiger partial charge in [-0.2, -0.15) is 4.39 Å². The first kappa shape index (κ1) is 10.8. The smallest absolute Gasteiger partial charge is 0.314 e. The maximum atomic E-state index is 13.4. The molecule has 1 aliphatic rings. The fourth-order valence-corrected chi connectivity index (χ4v) is 1.66. The zero-order valence-electron chi connectivity index (χ0n) is 7.93. The Bertz CT molecular complexity index is 481. The number of halogens is 3. The van der Waals surface area contributed by atoms with Gasteiger partial charge in [0.25, 0.3) is 0 Å². The largest absolute Gasteiger partial charge is 0.503 e. The number of phenolic OH excluding ortho intramolecular Hbond substituents is 1. The molecule has 2 rings (SSSR count). The van der Waals surface area contributed by atoms with Crippen molar-refractivity contribution in [1.29, 1.82) is 0 Å². The predicted molar refractivity (Wildman–Crippen MR) is 46.5 cm³/mol. The highest BCUT2D eigenvalue weighted by molar-refractivity contribution is 5.85. The molecule has 0 spiro atoms. The fourth-order valence-electron chi connectivity index (χ4n) is 1.66. The van der Waals surface area contributed by atoms with Gasteiger partial charge in [0.2, 0.25) is 5.82 Å². The first-order valence-corrected chi connectivity index (χ1v) is 4.50. The van der Waals surface area contributed by atoms with E-state index in [9.17, 15) is 18.0 Å². The van der Waals surface area contributed by atoms with Crippen LogP contribution in [0.15, 0.2) is 6.07 Å². The van der Waals surface area contributed by atoms with Crippen molar-refractivity contribution in [2.45, 2.75) is 18.3 Å².